The van der Waals surface area contributed by atoms with E-state index in [9.17, 15) is 14.7 Å². The van der Waals surface area contributed by atoms with Crippen LogP contribution in [0.2, 0.25) is 0 Å². The maximum atomic E-state index is 11.2. The fourth-order valence-corrected chi connectivity index (χ4v) is 2.00. The quantitative estimate of drug-likeness (QED) is 0.631. The van der Waals surface area contributed by atoms with E-state index in [1.807, 2.05) is 6.07 Å². The molecule has 0 radical (unpaired) electrons. The second kappa shape index (κ2) is 5.71. The Balaban J connectivity index is 1.95. The number of fused-ring (bicyclic) bond motifs is 1. The lowest BCUT2D eigenvalue weighted by atomic mass is 10.0. The van der Waals surface area contributed by atoms with E-state index in [2.05, 4.69) is 10.6 Å². The van der Waals surface area contributed by atoms with E-state index in [0.29, 0.717) is 12.8 Å². The van der Waals surface area contributed by atoms with Crippen molar-refractivity contribution in [2.75, 3.05) is 17.2 Å². The number of aryl methyl sites for hydroxylation is 1. The predicted octanol–water partition coefficient (Wildman–Crippen LogP) is 0.819. The summed E-state index contributed by atoms with van der Waals surface area (Å²) in [5.41, 5.74) is 2.66. The highest BCUT2D eigenvalue weighted by Crippen LogP contribution is 2.25. The number of carboxylic acids is 1. The molecule has 1 unspecified atom stereocenters. The van der Waals surface area contributed by atoms with Crippen molar-refractivity contribution in [1.29, 1.82) is 0 Å². The molecule has 6 heteroatoms. The first kappa shape index (κ1) is 13.4. The summed E-state index contributed by atoms with van der Waals surface area (Å²) in [4.78, 5) is 21.6. The Bertz CT molecular complexity index is 501. The lowest BCUT2D eigenvalue weighted by molar-refractivity contribution is -0.139. The average molecular weight is 264 g/mol. The zero-order valence-corrected chi connectivity index (χ0v) is 10.3. The molecule has 4 N–H and O–H groups in total. The monoisotopic (exact) mass is 264 g/mol. The molecule has 0 aliphatic carbocycles. The van der Waals surface area contributed by atoms with Crippen LogP contribution in [0.4, 0.5) is 11.4 Å². The maximum absolute atomic E-state index is 11.2. The van der Waals surface area contributed by atoms with E-state index in [4.69, 9.17) is 5.11 Å². The van der Waals surface area contributed by atoms with Crippen LogP contribution in [0.5, 0.6) is 0 Å². The summed E-state index contributed by atoms with van der Waals surface area (Å²) >= 11 is 0. The standard InChI is InChI=1S/C13H16N2O4/c16-10(6-13(18)19)7-14-9-2-3-11-8(5-9)1-4-12(17)15-11/h2-3,5,10,14,16H,1,4,6-7H2,(H,15,17)(H,18,19). The highest BCUT2D eigenvalue weighted by atomic mass is 16.4. The van der Waals surface area contributed by atoms with Gasteiger partial charge in [0.15, 0.2) is 0 Å². The molecule has 0 spiro atoms. The fourth-order valence-electron chi connectivity index (χ4n) is 2.00. The molecular formula is C13H16N2O4. The summed E-state index contributed by atoms with van der Waals surface area (Å²) in [5.74, 6) is -1.01. The molecule has 2 rings (SSSR count). The van der Waals surface area contributed by atoms with Crippen LogP contribution in [0.3, 0.4) is 0 Å². The largest absolute Gasteiger partial charge is 0.481 e. The third-order valence-electron chi connectivity index (χ3n) is 2.95. The van der Waals surface area contributed by atoms with Crippen LogP contribution < -0.4 is 10.6 Å². The number of aliphatic hydroxyl groups is 1. The van der Waals surface area contributed by atoms with E-state index in [-0.39, 0.29) is 18.9 Å². The maximum Gasteiger partial charge on any atom is 0.306 e. The minimum atomic E-state index is -1.03. The smallest absolute Gasteiger partial charge is 0.306 e. The van der Waals surface area contributed by atoms with Crippen LogP contribution in [0.15, 0.2) is 18.2 Å². The Kier molecular flexibility index (Phi) is 4.01. The topological polar surface area (TPSA) is 98.7 Å². The zero-order valence-electron chi connectivity index (χ0n) is 10.3. The van der Waals surface area contributed by atoms with Crippen molar-refractivity contribution in [2.45, 2.75) is 25.4 Å². The molecule has 0 saturated heterocycles. The highest BCUT2D eigenvalue weighted by Gasteiger charge is 2.15. The summed E-state index contributed by atoms with van der Waals surface area (Å²) in [6.07, 6.45) is -0.0475. The molecule has 19 heavy (non-hydrogen) atoms. The lowest BCUT2D eigenvalue weighted by Gasteiger charge is -2.18. The van der Waals surface area contributed by atoms with Gasteiger partial charge in [0.25, 0.3) is 0 Å². The summed E-state index contributed by atoms with van der Waals surface area (Å²) < 4.78 is 0. The predicted molar refractivity (Wildman–Crippen MR) is 70.1 cm³/mol. The number of hydrogen-bond acceptors (Lipinski definition) is 4. The van der Waals surface area contributed by atoms with Gasteiger partial charge in [0.2, 0.25) is 5.91 Å². The molecule has 1 amide bonds. The van der Waals surface area contributed by atoms with Crippen molar-refractivity contribution in [3.8, 4) is 0 Å². The van der Waals surface area contributed by atoms with Crippen molar-refractivity contribution in [3.05, 3.63) is 23.8 Å². The van der Waals surface area contributed by atoms with Gasteiger partial charge in [0.1, 0.15) is 0 Å². The van der Waals surface area contributed by atoms with Crippen molar-refractivity contribution in [2.24, 2.45) is 0 Å². The molecule has 1 aliphatic heterocycles. The second-order valence-corrected chi connectivity index (χ2v) is 4.55. The van der Waals surface area contributed by atoms with Gasteiger partial charge in [-0.05, 0) is 30.2 Å². The first-order valence-corrected chi connectivity index (χ1v) is 6.11. The van der Waals surface area contributed by atoms with Gasteiger partial charge in [-0.1, -0.05) is 0 Å². The van der Waals surface area contributed by atoms with Gasteiger partial charge in [-0.2, -0.15) is 0 Å². The van der Waals surface area contributed by atoms with Gasteiger partial charge in [0, 0.05) is 24.3 Å². The molecule has 1 atom stereocenters. The number of hydrogen-bond donors (Lipinski definition) is 4. The average Bonchev–Trinajstić information content (AvgIpc) is 2.35. The van der Waals surface area contributed by atoms with Crippen molar-refractivity contribution >= 4 is 23.3 Å². The summed E-state index contributed by atoms with van der Waals surface area (Å²) in [5, 5.41) is 23.8. The first-order chi connectivity index (χ1) is 9.04. The molecule has 6 nitrogen and oxygen atoms in total. The van der Waals surface area contributed by atoms with Crippen LogP contribution >= 0.6 is 0 Å². The number of aliphatic hydroxyl groups excluding tert-OH is 1. The van der Waals surface area contributed by atoms with Crippen molar-refractivity contribution < 1.29 is 19.8 Å². The number of anilines is 2. The van der Waals surface area contributed by atoms with E-state index in [1.54, 1.807) is 12.1 Å². The van der Waals surface area contributed by atoms with Gasteiger partial charge in [0.05, 0.1) is 12.5 Å². The number of nitrogens with one attached hydrogen (secondary N) is 2. The number of carbonyl (C=O) groups excluding carboxylic acids is 1. The Morgan fingerprint density at radius 1 is 1.42 bits per heavy atom. The van der Waals surface area contributed by atoms with E-state index in [1.165, 1.54) is 0 Å². The van der Waals surface area contributed by atoms with Crippen molar-refractivity contribution in [1.82, 2.24) is 0 Å². The summed E-state index contributed by atoms with van der Waals surface area (Å²) in [7, 11) is 0. The van der Waals surface area contributed by atoms with Crippen LogP contribution in [0, 0.1) is 0 Å². The Labute approximate surface area is 110 Å². The Morgan fingerprint density at radius 2 is 2.21 bits per heavy atom. The molecule has 0 fully saturated rings. The van der Waals surface area contributed by atoms with Crippen molar-refractivity contribution in [3.63, 3.8) is 0 Å². The number of carbonyl (C=O) groups is 2. The van der Waals surface area contributed by atoms with Gasteiger partial charge in [-0.25, -0.2) is 0 Å². The molecule has 0 saturated carbocycles. The molecule has 1 aromatic carbocycles. The fraction of sp³-hybridized carbons (Fsp3) is 0.385. The van der Waals surface area contributed by atoms with E-state index >= 15 is 0 Å². The normalized spacial score (nSPS) is 15.3. The Hall–Kier alpha value is -2.08. The highest BCUT2D eigenvalue weighted by molar-refractivity contribution is 5.94. The van der Waals surface area contributed by atoms with Gasteiger partial charge in [-0.15, -0.1) is 0 Å². The van der Waals surface area contributed by atoms with Crippen LogP contribution in [0.25, 0.3) is 0 Å². The van der Waals surface area contributed by atoms with Gasteiger partial charge >= 0.3 is 5.97 Å². The summed E-state index contributed by atoms with van der Waals surface area (Å²) in [6.45, 7) is 0.178. The number of benzene rings is 1. The third kappa shape index (κ3) is 3.69. The van der Waals surface area contributed by atoms with Crippen LogP contribution in [-0.2, 0) is 16.0 Å². The summed E-state index contributed by atoms with van der Waals surface area (Å²) in [6, 6.07) is 5.50. The minimum absolute atomic E-state index is 0.0186. The van der Waals surface area contributed by atoms with Crippen LogP contribution in [-0.4, -0.2) is 34.7 Å². The number of carboxylic acid groups (broad SMARTS) is 1. The molecule has 1 heterocycles. The zero-order chi connectivity index (χ0) is 13.8. The minimum Gasteiger partial charge on any atom is -0.481 e. The third-order valence-corrected chi connectivity index (χ3v) is 2.95. The molecule has 1 aliphatic rings. The van der Waals surface area contributed by atoms with Crippen LogP contribution in [0.1, 0.15) is 18.4 Å². The molecule has 0 bridgehead atoms. The van der Waals surface area contributed by atoms with Gasteiger partial charge in [-0.3, -0.25) is 9.59 Å². The SMILES string of the molecule is O=C(O)CC(O)CNc1ccc2c(c1)CCC(=O)N2. The number of aliphatic carboxylic acids is 1. The molecule has 1 aromatic rings. The Morgan fingerprint density at radius 3 is 2.95 bits per heavy atom. The van der Waals surface area contributed by atoms with E-state index < -0.39 is 12.1 Å². The molecule has 0 aromatic heterocycles. The molecular weight excluding hydrogens is 248 g/mol. The number of amides is 1. The molecule has 102 valence electrons. The lowest BCUT2D eigenvalue weighted by Crippen LogP contribution is -2.23. The first-order valence-electron chi connectivity index (χ1n) is 6.11. The van der Waals surface area contributed by atoms with Gasteiger partial charge < -0.3 is 20.8 Å². The van der Waals surface area contributed by atoms with E-state index in [0.717, 1.165) is 16.9 Å². The number of rotatable bonds is 5. The second-order valence-electron chi connectivity index (χ2n) is 4.55.